The van der Waals surface area contributed by atoms with Gasteiger partial charge in [-0.15, -0.1) is 0 Å². The minimum Gasteiger partial charge on any atom is -0.359 e. The van der Waals surface area contributed by atoms with E-state index in [0.29, 0.717) is 24.5 Å². The normalized spacial score (nSPS) is 18.4. The third-order valence-corrected chi connectivity index (χ3v) is 6.23. The number of nitrogens with one attached hydrogen (secondary N) is 3. The Labute approximate surface area is 160 Å². The first-order valence-electron chi connectivity index (χ1n) is 8.63. The van der Waals surface area contributed by atoms with Gasteiger partial charge in [-0.25, -0.2) is 8.42 Å². The molecule has 2 rings (SSSR count). The van der Waals surface area contributed by atoms with Gasteiger partial charge >= 0.3 is 0 Å². The molecular weight excluding hydrogens is 372 g/mol. The largest absolute Gasteiger partial charge is 0.359 e. The molecular formula is C17H26N4O3S2. The highest BCUT2D eigenvalue weighted by Gasteiger charge is 2.33. The molecule has 0 spiro atoms. The van der Waals surface area contributed by atoms with Gasteiger partial charge in [0.05, 0.1) is 10.8 Å². The first kappa shape index (κ1) is 20.6. The van der Waals surface area contributed by atoms with Gasteiger partial charge in [-0.1, -0.05) is 17.7 Å². The van der Waals surface area contributed by atoms with Gasteiger partial charge in [0, 0.05) is 19.1 Å². The van der Waals surface area contributed by atoms with Gasteiger partial charge in [0.15, 0.2) is 5.11 Å². The second kappa shape index (κ2) is 8.79. The number of piperidine rings is 1. The number of sulfonamides is 1. The molecule has 1 aliphatic heterocycles. The highest BCUT2D eigenvalue weighted by atomic mass is 32.2. The maximum Gasteiger partial charge on any atom is 0.243 e. The second-order valence-corrected chi connectivity index (χ2v) is 9.10. The molecule has 0 aromatic heterocycles. The molecule has 1 aromatic carbocycles. The van der Waals surface area contributed by atoms with E-state index in [1.807, 2.05) is 20.8 Å². The van der Waals surface area contributed by atoms with Crippen molar-refractivity contribution in [2.75, 3.05) is 13.1 Å². The number of thiocarbonyl (C=S) groups is 1. The van der Waals surface area contributed by atoms with Crippen LogP contribution in [0.15, 0.2) is 29.2 Å². The third kappa shape index (κ3) is 5.39. The quantitative estimate of drug-likeness (QED) is 0.523. The predicted octanol–water partition coefficient (Wildman–Crippen LogP) is 1.30. The van der Waals surface area contributed by atoms with E-state index in [4.69, 9.17) is 12.2 Å². The van der Waals surface area contributed by atoms with Gasteiger partial charge < -0.3 is 5.32 Å². The smallest absolute Gasteiger partial charge is 0.243 e. The average molecular weight is 399 g/mol. The van der Waals surface area contributed by atoms with Crippen LogP contribution in [0.4, 0.5) is 0 Å². The number of hydrogen-bond acceptors (Lipinski definition) is 4. The SMILES string of the molecule is Cc1ccc(S(=O)(=O)N2CCC[C@H](C(=O)NNC(=S)NC(C)C)C2)cc1. The predicted molar refractivity (Wildman–Crippen MR) is 105 cm³/mol. The van der Waals surface area contributed by atoms with Crippen molar-refractivity contribution < 1.29 is 13.2 Å². The molecule has 1 heterocycles. The van der Waals surface area contributed by atoms with E-state index in [9.17, 15) is 13.2 Å². The van der Waals surface area contributed by atoms with Crippen LogP contribution in [0, 0.1) is 12.8 Å². The molecule has 1 amide bonds. The van der Waals surface area contributed by atoms with Crippen molar-refractivity contribution in [2.24, 2.45) is 5.92 Å². The lowest BCUT2D eigenvalue weighted by atomic mass is 9.99. The molecule has 9 heteroatoms. The van der Waals surface area contributed by atoms with E-state index in [1.165, 1.54) is 4.31 Å². The van der Waals surface area contributed by atoms with Crippen LogP contribution in [0.1, 0.15) is 32.3 Å². The number of benzene rings is 1. The van der Waals surface area contributed by atoms with Crippen molar-refractivity contribution in [3.63, 3.8) is 0 Å². The Morgan fingerprint density at radius 1 is 1.23 bits per heavy atom. The summed E-state index contributed by atoms with van der Waals surface area (Å²) >= 11 is 5.06. The zero-order valence-corrected chi connectivity index (χ0v) is 16.9. The third-order valence-electron chi connectivity index (χ3n) is 4.13. The van der Waals surface area contributed by atoms with E-state index in [0.717, 1.165) is 5.56 Å². The van der Waals surface area contributed by atoms with E-state index < -0.39 is 15.9 Å². The summed E-state index contributed by atoms with van der Waals surface area (Å²) in [5.41, 5.74) is 6.22. The Morgan fingerprint density at radius 2 is 1.88 bits per heavy atom. The number of nitrogens with zero attached hydrogens (tertiary/aromatic N) is 1. The average Bonchev–Trinajstić information content (AvgIpc) is 2.59. The monoisotopic (exact) mass is 398 g/mol. The van der Waals surface area contributed by atoms with Gasteiger partial charge in [0.1, 0.15) is 0 Å². The van der Waals surface area contributed by atoms with Crippen molar-refractivity contribution in [1.29, 1.82) is 0 Å². The lowest BCUT2D eigenvalue weighted by Gasteiger charge is -2.31. The summed E-state index contributed by atoms with van der Waals surface area (Å²) in [6.45, 7) is 6.35. The standard InChI is InChI=1S/C17H26N4O3S2/c1-12(2)18-17(25)20-19-16(22)14-5-4-10-21(11-14)26(23,24)15-8-6-13(3)7-9-15/h6-9,12,14H,4-5,10-11H2,1-3H3,(H,19,22)(H2,18,20,25)/t14-/m0/s1. The fourth-order valence-corrected chi connectivity index (χ4v) is 4.56. The fraction of sp³-hybridized carbons (Fsp3) is 0.529. The molecule has 26 heavy (non-hydrogen) atoms. The van der Waals surface area contributed by atoms with Gasteiger partial charge in [-0.3, -0.25) is 15.6 Å². The number of hydrogen-bond donors (Lipinski definition) is 3. The molecule has 3 N–H and O–H groups in total. The summed E-state index contributed by atoms with van der Waals surface area (Å²) in [5.74, 6) is -0.681. The lowest BCUT2D eigenvalue weighted by molar-refractivity contribution is -0.126. The molecule has 0 bridgehead atoms. The maximum absolute atomic E-state index is 12.8. The first-order chi connectivity index (χ1) is 12.2. The molecule has 1 aliphatic rings. The van der Waals surface area contributed by atoms with Crippen LogP contribution in [0.3, 0.4) is 0 Å². The zero-order chi connectivity index (χ0) is 19.3. The summed E-state index contributed by atoms with van der Waals surface area (Å²) in [5, 5.41) is 3.29. The number of carbonyl (C=O) groups excluding carboxylic acids is 1. The molecule has 1 aromatic rings. The molecule has 144 valence electrons. The van der Waals surface area contributed by atoms with Crippen LogP contribution in [0.2, 0.25) is 0 Å². The van der Waals surface area contributed by atoms with Crippen LogP contribution in [0.25, 0.3) is 0 Å². The van der Waals surface area contributed by atoms with E-state index in [-0.39, 0.29) is 23.4 Å². The summed E-state index contributed by atoms with van der Waals surface area (Å²) in [4.78, 5) is 12.6. The zero-order valence-electron chi connectivity index (χ0n) is 15.3. The summed E-state index contributed by atoms with van der Waals surface area (Å²) in [6, 6.07) is 6.90. The van der Waals surface area contributed by atoms with Crippen LogP contribution in [0.5, 0.6) is 0 Å². The van der Waals surface area contributed by atoms with Crippen LogP contribution in [-0.4, -0.2) is 42.9 Å². The summed E-state index contributed by atoms with van der Waals surface area (Å²) in [6.07, 6.45) is 1.27. The van der Waals surface area contributed by atoms with Crippen LogP contribution in [-0.2, 0) is 14.8 Å². The van der Waals surface area contributed by atoms with Crippen molar-refractivity contribution in [1.82, 2.24) is 20.5 Å². The molecule has 7 nitrogen and oxygen atoms in total. The lowest BCUT2D eigenvalue weighted by Crippen LogP contribution is -2.52. The Balaban J connectivity index is 1.98. The molecule has 0 saturated carbocycles. The number of amides is 1. The molecule has 1 fully saturated rings. The number of hydrazine groups is 1. The Hall–Kier alpha value is -1.71. The number of aryl methyl sites for hydroxylation is 1. The molecule has 0 aliphatic carbocycles. The van der Waals surface area contributed by atoms with Gasteiger partial charge in [0.2, 0.25) is 15.9 Å². The molecule has 1 atom stereocenters. The summed E-state index contributed by atoms with van der Waals surface area (Å²) in [7, 11) is -3.60. The highest BCUT2D eigenvalue weighted by molar-refractivity contribution is 7.89. The van der Waals surface area contributed by atoms with Crippen molar-refractivity contribution in [3.05, 3.63) is 29.8 Å². The molecule has 1 saturated heterocycles. The topological polar surface area (TPSA) is 90.5 Å². The van der Waals surface area contributed by atoms with Gasteiger partial charge in [-0.2, -0.15) is 4.31 Å². The van der Waals surface area contributed by atoms with E-state index in [1.54, 1.807) is 24.3 Å². The maximum atomic E-state index is 12.8. The highest BCUT2D eigenvalue weighted by Crippen LogP contribution is 2.24. The van der Waals surface area contributed by atoms with Crippen molar-refractivity contribution in [2.45, 2.75) is 44.6 Å². The number of rotatable bonds is 4. The van der Waals surface area contributed by atoms with Crippen molar-refractivity contribution in [3.8, 4) is 0 Å². The van der Waals surface area contributed by atoms with Crippen LogP contribution < -0.4 is 16.2 Å². The second-order valence-electron chi connectivity index (χ2n) is 6.76. The van der Waals surface area contributed by atoms with Gasteiger partial charge in [0.25, 0.3) is 0 Å². The minimum absolute atomic E-state index is 0.150. The number of carbonyl (C=O) groups is 1. The van der Waals surface area contributed by atoms with E-state index in [2.05, 4.69) is 16.2 Å². The summed E-state index contributed by atoms with van der Waals surface area (Å²) < 4.78 is 27.0. The van der Waals surface area contributed by atoms with E-state index >= 15 is 0 Å². The molecule has 0 radical (unpaired) electrons. The first-order valence-corrected chi connectivity index (χ1v) is 10.5. The Morgan fingerprint density at radius 3 is 2.50 bits per heavy atom. The minimum atomic E-state index is -3.60. The molecule has 0 unspecified atom stereocenters. The Kier molecular flexibility index (Phi) is 6.96. The van der Waals surface area contributed by atoms with Crippen LogP contribution >= 0.6 is 12.2 Å². The Bertz CT molecular complexity index is 748. The van der Waals surface area contributed by atoms with Crippen molar-refractivity contribution >= 4 is 33.3 Å². The van der Waals surface area contributed by atoms with Gasteiger partial charge in [-0.05, 0) is 58.0 Å². The fourth-order valence-electron chi connectivity index (χ4n) is 2.75.